The Bertz CT molecular complexity index is 1220. The molecule has 2 aliphatic rings. The number of nitrogens with zero attached hydrogens (tertiary/aromatic N) is 2. The Morgan fingerprint density at radius 3 is 2.62 bits per heavy atom. The van der Waals surface area contributed by atoms with Crippen molar-refractivity contribution in [3.8, 4) is 0 Å². The van der Waals surface area contributed by atoms with Crippen LogP contribution in [0, 0.1) is 0 Å². The van der Waals surface area contributed by atoms with Gasteiger partial charge in [-0.2, -0.15) is 0 Å². The largest absolute Gasteiger partial charge is 0.366 e. The summed E-state index contributed by atoms with van der Waals surface area (Å²) in [5.74, 6) is -0.733. The van der Waals surface area contributed by atoms with Gasteiger partial charge in [-0.3, -0.25) is 19.8 Å². The van der Waals surface area contributed by atoms with Crippen LogP contribution in [-0.2, 0) is 9.59 Å². The molecule has 8 heteroatoms. The van der Waals surface area contributed by atoms with Crippen molar-refractivity contribution in [2.75, 3.05) is 16.3 Å². The Hall–Kier alpha value is -2.41. The summed E-state index contributed by atoms with van der Waals surface area (Å²) in [6.07, 6.45) is 3.69. The average Bonchev–Trinajstić information content (AvgIpc) is 2.76. The summed E-state index contributed by atoms with van der Waals surface area (Å²) in [6, 6.07) is 11.1. The van der Waals surface area contributed by atoms with E-state index >= 15 is 0 Å². The first-order chi connectivity index (χ1) is 16.0. The zero-order chi connectivity index (χ0) is 24.8. The lowest BCUT2D eigenvalue weighted by molar-refractivity contribution is -0.122. The van der Waals surface area contributed by atoms with Crippen LogP contribution in [0.5, 0.6) is 0 Å². The molecule has 2 aromatic carbocycles. The summed E-state index contributed by atoms with van der Waals surface area (Å²) >= 11 is 17.8. The molecule has 1 unspecified atom stereocenters. The number of carbonyl (C=O) groups excluding carboxylic acids is 2. The fourth-order valence-corrected chi connectivity index (χ4v) is 5.61. The molecular weight excluding hydrogens is 489 g/mol. The molecule has 0 saturated carbocycles. The normalized spacial score (nSPS) is 21.1. The summed E-state index contributed by atoms with van der Waals surface area (Å²) in [4.78, 5) is 29.8. The van der Waals surface area contributed by atoms with Crippen LogP contribution in [0.25, 0.3) is 6.08 Å². The van der Waals surface area contributed by atoms with E-state index in [9.17, 15) is 9.59 Å². The highest BCUT2D eigenvalue weighted by atomic mass is 35.5. The molecule has 1 saturated heterocycles. The molecule has 2 aromatic rings. The van der Waals surface area contributed by atoms with Gasteiger partial charge >= 0.3 is 0 Å². The molecule has 2 aliphatic heterocycles. The lowest BCUT2D eigenvalue weighted by Crippen LogP contribution is -2.54. The molecule has 4 rings (SSSR count). The summed E-state index contributed by atoms with van der Waals surface area (Å²) < 4.78 is 0. The first kappa shape index (κ1) is 24.7. The van der Waals surface area contributed by atoms with Crippen molar-refractivity contribution >= 4 is 69.8 Å². The van der Waals surface area contributed by atoms with E-state index in [1.807, 2.05) is 6.07 Å². The second kappa shape index (κ2) is 9.33. The van der Waals surface area contributed by atoms with Gasteiger partial charge < -0.3 is 4.90 Å². The van der Waals surface area contributed by atoms with E-state index in [-0.39, 0.29) is 21.2 Å². The third-order valence-electron chi connectivity index (χ3n) is 6.44. The van der Waals surface area contributed by atoms with Gasteiger partial charge in [0.1, 0.15) is 5.57 Å². The monoisotopic (exact) mass is 515 g/mol. The number of benzene rings is 2. The minimum Gasteiger partial charge on any atom is -0.366 e. The minimum atomic E-state index is -0.544. The third-order valence-corrected chi connectivity index (χ3v) is 7.54. The molecule has 0 aromatic heterocycles. The molecule has 0 spiro atoms. The van der Waals surface area contributed by atoms with Crippen LogP contribution in [0.3, 0.4) is 0 Å². The summed E-state index contributed by atoms with van der Waals surface area (Å²) in [7, 11) is 0. The van der Waals surface area contributed by atoms with Crippen LogP contribution >= 0.6 is 35.4 Å². The first-order valence-corrected chi connectivity index (χ1v) is 12.5. The molecule has 34 heavy (non-hydrogen) atoms. The van der Waals surface area contributed by atoms with Gasteiger partial charge in [0.15, 0.2) is 5.11 Å². The van der Waals surface area contributed by atoms with Gasteiger partial charge in [0.2, 0.25) is 0 Å². The Kier molecular flexibility index (Phi) is 6.78. The van der Waals surface area contributed by atoms with E-state index in [1.165, 1.54) is 16.2 Å². The topological polar surface area (TPSA) is 52.7 Å². The maximum Gasteiger partial charge on any atom is 0.270 e. The molecule has 0 bridgehead atoms. The molecule has 1 fully saturated rings. The molecule has 1 N–H and O–H groups in total. The number of anilines is 2. The highest BCUT2D eigenvalue weighted by molar-refractivity contribution is 7.80. The van der Waals surface area contributed by atoms with Crippen LogP contribution in [0.15, 0.2) is 42.0 Å². The quantitative estimate of drug-likeness (QED) is 0.293. The number of fused-ring (bicyclic) bond motifs is 1. The Morgan fingerprint density at radius 2 is 1.91 bits per heavy atom. The molecule has 2 amide bonds. The van der Waals surface area contributed by atoms with Crippen LogP contribution in [-0.4, -0.2) is 29.0 Å². The highest BCUT2D eigenvalue weighted by Gasteiger charge is 2.37. The zero-order valence-corrected chi connectivity index (χ0v) is 21.9. The molecule has 0 aliphatic carbocycles. The van der Waals surface area contributed by atoms with Crippen molar-refractivity contribution in [3.05, 3.63) is 63.1 Å². The second-order valence-corrected chi connectivity index (χ2v) is 10.6. The van der Waals surface area contributed by atoms with Gasteiger partial charge in [-0.05, 0) is 86.3 Å². The van der Waals surface area contributed by atoms with Crippen molar-refractivity contribution < 1.29 is 9.59 Å². The Balaban J connectivity index is 1.74. The summed E-state index contributed by atoms with van der Waals surface area (Å²) in [5.41, 5.74) is 3.58. The fourth-order valence-electron chi connectivity index (χ4n) is 4.95. The molecular formula is C26H27Cl2N3O2S. The van der Waals surface area contributed by atoms with E-state index in [1.54, 1.807) is 24.3 Å². The predicted molar refractivity (Wildman–Crippen MR) is 144 cm³/mol. The van der Waals surface area contributed by atoms with E-state index in [0.717, 1.165) is 24.9 Å². The number of halogens is 2. The van der Waals surface area contributed by atoms with Crippen LogP contribution in [0.2, 0.25) is 10.0 Å². The standard InChI is InChI=1S/C26H27Cl2N3O2S/c1-5-11-30-20-10-9-16(12-17(20)15(2)14-26(30,3)4)13-18-23(32)29-25(34)31(24(18)33)21-8-6-7-19(27)22(21)28/h6-10,12-13,15H,5,11,14H2,1-4H3,(H,29,32,34)/b18-13-. The minimum absolute atomic E-state index is 0.0150. The first-order valence-electron chi connectivity index (χ1n) is 11.3. The van der Waals surface area contributed by atoms with E-state index in [0.29, 0.717) is 16.6 Å². The van der Waals surface area contributed by atoms with Gasteiger partial charge in [0, 0.05) is 17.8 Å². The van der Waals surface area contributed by atoms with Crippen molar-refractivity contribution in [2.45, 2.75) is 52.0 Å². The Morgan fingerprint density at radius 1 is 1.18 bits per heavy atom. The van der Waals surface area contributed by atoms with Gasteiger partial charge in [0.05, 0.1) is 15.7 Å². The van der Waals surface area contributed by atoms with Crippen molar-refractivity contribution in [3.63, 3.8) is 0 Å². The van der Waals surface area contributed by atoms with E-state index in [2.05, 4.69) is 50.0 Å². The number of hydrogen-bond acceptors (Lipinski definition) is 4. The molecule has 2 heterocycles. The lowest BCUT2D eigenvalue weighted by Gasteiger charge is -2.47. The third kappa shape index (κ3) is 4.35. The molecule has 5 nitrogen and oxygen atoms in total. The van der Waals surface area contributed by atoms with E-state index in [4.69, 9.17) is 35.4 Å². The summed E-state index contributed by atoms with van der Waals surface area (Å²) in [5, 5.41) is 3.05. The number of nitrogens with one attached hydrogen (secondary N) is 1. The number of thiocarbonyl (C=S) groups is 1. The van der Waals surface area contributed by atoms with Gasteiger partial charge in [-0.15, -0.1) is 0 Å². The number of rotatable bonds is 4. The van der Waals surface area contributed by atoms with Crippen LogP contribution < -0.4 is 15.1 Å². The van der Waals surface area contributed by atoms with Gasteiger partial charge in [-0.25, -0.2) is 0 Å². The number of hydrogen-bond donors (Lipinski definition) is 1. The average molecular weight is 516 g/mol. The van der Waals surface area contributed by atoms with Crippen molar-refractivity contribution in [1.82, 2.24) is 5.32 Å². The molecule has 178 valence electrons. The van der Waals surface area contributed by atoms with Crippen LogP contribution in [0.1, 0.15) is 57.6 Å². The van der Waals surface area contributed by atoms with Crippen molar-refractivity contribution in [1.29, 1.82) is 0 Å². The van der Waals surface area contributed by atoms with Gasteiger partial charge in [-0.1, -0.05) is 49.2 Å². The lowest BCUT2D eigenvalue weighted by atomic mass is 9.79. The number of carbonyl (C=O) groups is 2. The second-order valence-electron chi connectivity index (χ2n) is 9.42. The fraction of sp³-hybridized carbons (Fsp3) is 0.346. The molecule has 1 atom stereocenters. The zero-order valence-electron chi connectivity index (χ0n) is 19.6. The Labute approximate surface area is 215 Å². The molecule has 0 radical (unpaired) electrons. The SMILES string of the molecule is CCCN1c2ccc(/C=C3/C(=O)NC(=S)N(c4cccc(Cl)c4Cl)C3=O)cc2C(C)CC1(C)C. The van der Waals surface area contributed by atoms with Gasteiger partial charge in [0.25, 0.3) is 11.8 Å². The maximum atomic E-state index is 13.4. The summed E-state index contributed by atoms with van der Waals surface area (Å²) in [6.45, 7) is 9.94. The van der Waals surface area contributed by atoms with Crippen LogP contribution in [0.4, 0.5) is 11.4 Å². The van der Waals surface area contributed by atoms with E-state index < -0.39 is 11.8 Å². The van der Waals surface area contributed by atoms with Crippen molar-refractivity contribution in [2.24, 2.45) is 0 Å². The number of amides is 2. The smallest absolute Gasteiger partial charge is 0.270 e. The predicted octanol–water partition coefficient (Wildman–Crippen LogP) is 6.33. The maximum absolute atomic E-state index is 13.4. The highest BCUT2D eigenvalue weighted by Crippen LogP contribution is 2.44.